The number of hydrogen-bond acceptors (Lipinski definition) is 3. The zero-order valence-electron chi connectivity index (χ0n) is 13.9. The molecule has 10 heteroatoms. The summed E-state index contributed by atoms with van der Waals surface area (Å²) in [5, 5.41) is 0.327. The Labute approximate surface area is 158 Å². The lowest BCUT2D eigenvalue weighted by Crippen LogP contribution is -2.47. The van der Waals surface area contributed by atoms with E-state index in [0.717, 1.165) is 5.56 Å². The number of alkyl halides is 3. The van der Waals surface area contributed by atoms with E-state index in [-0.39, 0.29) is 10.8 Å². The van der Waals surface area contributed by atoms with E-state index in [0.29, 0.717) is 20.4 Å². The molecular formula is C17H13ClF3N3O2S. The molecule has 1 aliphatic rings. The molecular weight excluding hydrogens is 403 g/mol. The number of hydrogen-bond donors (Lipinski definition) is 0. The van der Waals surface area contributed by atoms with Gasteiger partial charge in [0.05, 0.1) is 22.5 Å². The highest BCUT2D eigenvalue weighted by molar-refractivity contribution is 7.92. The van der Waals surface area contributed by atoms with Crippen LogP contribution in [0, 0.1) is 6.92 Å². The first-order chi connectivity index (χ1) is 12.6. The third-order valence-corrected chi connectivity index (χ3v) is 6.52. The maximum absolute atomic E-state index is 13.7. The van der Waals surface area contributed by atoms with Crippen LogP contribution in [-0.4, -0.2) is 30.2 Å². The van der Waals surface area contributed by atoms with Crippen LogP contribution in [0.3, 0.4) is 0 Å². The van der Waals surface area contributed by atoms with E-state index in [4.69, 9.17) is 11.6 Å². The Balaban J connectivity index is 1.94. The van der Waals surface area contributed by atoms with Gasteiger partial charge in [-0.05, 0) is 37.3 Å². The van der Waals surface area contributed by atoms with Crippen LogP contribution in [0.15, 0.2) is 47.4 Å². The molecule has 0 bridgehead atoms. The van der Waals surface area contributed by atoms with Gasteiger partial charge in [0.15, 0.2) is 6.04 Å². The molecule has 0 spiro atoms. The van der Waals surface area contributed by atoms with Crippen LogP contribution < -0.4 is 4.31 Å². The van der Waals surface area contributed by atoms with E-state index in [9.17, 15) is 21.6 Å². The molecule has 0 fully saturated rings. The van der Waals surface area contributed by atoms with Gasteiger partial charge < -0.3 is 4.57 Å². The van der Waals surface area contributed by atoms with Gasteiger partial charge in [-0.2, -0.15) is 13.2 Å². The summed E-state index contributed by atoms with van der Waals surface area (Å²) in [6, 6.07) is 7.98. The molecule has 27 heavy (non-hydrogen) atoms. The number of aryl methyl sites for hydroxylation is 1. The van der Waals surface area contributed by atoms with Gasteiger partial charge in [0.1, 0.15) is 0 Å². The van der Waals surface area contributed by atoms with Crippen molar-refractivity contribution in [3.63, 3.8) is 0 Å². The van der Waals surface area contributed by atoms with E-state index in [1.54, 1.807) is 19.1 Å². The molecule has 1 unspecified atom stereocenters. The number of rotatable bonds is 2. The van der Waals surface area contributed by atoms with Crippen LogP contribution in [0.25, 0.3) is 11.0 Å². The van der Waals surface area contributed by atoms with E-state index in [2.05, 4.69) is 4.98 Å². The monoisotopic (exact) mass is 415 g/mol. The van der Waals surface area contributed by atoms with Crippen LogP contribution in [0.4, 0.5) is 19.1 Å². The maximum Gasteiger partial charge on any atom is 0.411 e. The fraction of sp³-hybridized carbons (Fsp3) is 0.235. The smallest absolute Gasteiger partial charge is 0.307 e. The van der Waals surface area contributed by atoms with Crippen molar-refractivity contribution in [3.05, 3.63) is 53.1 Å². The predicted molar refractivity (Wildman–Crippen MR) is 95.4 cm³/mol. The summed E-state index contributed by atoms with van der Waals surface area (Å²) in [6.07, 6.45) is -4.76. The van der Waals surface area contributed by atoms with E-state index in [1.807, 2.05) is 0 Å². The van der Waals surface area contributed by atoms with Crippen LogP contribution in [-0.2, 0) is 16.6 Å². The minimum Gasteiger partial charge on any atom is -0.307 e. The zero-order valence-corrected chi connectivity index (χ0v) is 15.5. The Morgan fingerprint density at radius 1 is 1.15 bits per heavy atom. The first-order valence-electron chi connectivity index (χ1n) is 7.92. The number of aromatic nitrogens is 2. The second kappa shape index (κ2) is 5.87. The second-order valence-electron chi connectivity index (χ2n) is 6.33. The first kappa shape index (κ1) is 18.1. The third-order valence-electron chi connectivity index (χ3n) is 4.48. The SMILES string of the molecule is Cc1ccc(S(=O)(=O)N2c3nc4ccc(Cl)cc4n3CC2C(F)(F)F)cc1. The summed E-state index contributed by atoms with van der Waals surface area (Å²) in [6.45, 7) is 1.18. The predicted octanol–water partition coefficient (Wildman–Crippen LogP) is 4.14. The van der Waals surface area contributed by atoms with Crippen LogP contribution >= 0.6 is 11.6 Å². The molecule has 1 aliphatic heterocycles. The lowest BCUT2D eigenvalue weighted by molar-refractivity contribution is -0.145. The topological polar surface area (TPSA) is 55.2 Å². The summed E-state index contributed by atoms with van der Waals surface area (Å²) in [4.78, 5) is 3.92. The fourth-order valence-electron chi connectivity index (χ4n) is 3.15. The van der Waals surface area contributed by atoms with Gasteiger partial charge in [-0.25, -0.2) is 17.7 Å². The van der Waals surface area contributed by atoms with Crippen molar-refractivity contribution < 1.29 is 21.6 Å². The number of anilines is 1. The fourth-order valence-corrected chi connectivity index (χ4v) is 4.90. The number of sulfonamides is 1. The number of nitrogens with zero attached hydrogens (tertiary/aromatic N) is 3. The quantitative estimate of drug-likeness (QED) is 0.632. The van der Waals surface area contributed by atoms with Gasteiger partial charge in [0.2, 0.25) is 5.95 Å². The van der Waals surface area contributed by atoms with Crippen LogP contribution in [0.1, 0.15) is 5.56 Å². The Kier molecular flexibility index (Phi) is 3.94. The summed E-state index contributed by atoms with van der Waals surface area (Å²) < 4.78 is 68.7. The Bertz CT molecular complexity index is 1140. The molecule has 3 aromatic rings. The number of benzene rings is 2. The molecule has 1 aromatic heterocycles. The minimum absolute atomic E-state index is 0.221. The van der Waals surface area contributed by atoms with Crippen molar-refractivity contribution in [1.82, 2.24) is 9.55 Å². The number of fused-ring (bicyclic) bond motifs is 3. The normalized spacial score (nSPS) is 17.5. The van der Waals surface area contributed by atoms with Crippen molar-refractivity contribution >= 4 is 38.6 Å². The molecule has 4 rings (SSSR count). The molecule has 0 amide bonds. The summed E-state index contributed by atoms with van der Waals surface area (Å²) in [5.74, 6) is -0.268. The second-order valence-corrected chi connectivity index (χ2v) is 8.58. The molecule has 5 nitrogen and oxygen atoms in total. The highest BCUT2D eigenvalue weighted by atomic mass is 35.5. The van der Waals surface area contributed by atoms with Gasteiger partial charge in [0.25, 0.3) is 10.0 Å². The number of halogens is 4. The van der Waals surface area contributed by atoms with Gasteiger partial charge in [0, 0.05) is 5.02 Å². The van der Waals surface area contributed by atoms with Crippen molar-refractivity contribution in [2.45, 2.75) is 30.6 Å². The van der Waals surface area contributed by atoms with Gasteiger partial charge >= 0.3 is 6.18 Å². The lowest BCUT2D eigenvalue weighted by Gasteiger charge is -2.26. The van der Waals surface area contributed by atoms with Crippen molar-refractivity contribution in [1.29, 1.82) is 0 Å². The van der Waals surface area contributed by atoms with E-state index in [1.165, 1.54) is 34.9 Å². The van der Waals surface area contributed by atoms with Crippen LogP contribution in [0.5, 0.6) is 0 Å². The molecule has 0 radical (unpaired) electrons. The minimum atomic E-state index is -4.76. The molecule has 0 saturated carbocycles. The summed E-state index contributed by atoms with van der Waals surface area (Å²) in [5.41, 5.74) is 1.53. The zero-order chi connectivity index (χ0) is 19.6. The highest BCUT2D eigenvalue weighted by Crippen LogP contribution is 2.41. The largest absolute Gasteiger partial charge is 0.411 e. The number of imidazole rings is 1. The highest BCUT2D eigenvalue weighted by Gasteiger charge is 2.54. The molecule has 0 N–H and O–H groups in total. The van der Waals surface area contributed by atoms with Crippen LogP contribution in [0.2, 0.25) is 5.02 Å². The van der Waals surface area contributed by atoms with Crippen molar-refractivity contribution in [2.75, 3.05) is 4.31 Å². The standard InChI is InChI=1S/C17H13ClF3N3O2S/c1-10-2-5-12(6-3-10)27(25,26)24-15(17(19,20)21)9-23-14-8-11(18)4-7-13(14)22-16(23)24/h2-8,15H,9H2,1H3. The summed E-state index contributed by atoms with van der Waals surface area (Å²) in [7, 11) is -4.46. The van der Waals surface area contributed by atoms with Gasteiger partial charge in [-0.15, -0.1) is 0 Å². The van der Waals surface area contributed by atoms with Gasteiger partial charge in [-0.1, -0.05) is 29.3 Å². The molecule has 0 aliphatic carbocycles. The average molecular weight is 416 g/mol. The molecule has 142 valence electrons. The van der Waals surface area contributed by atoms with Crippen molar-refractivity contribution in [3.8, 4) is 0 Å². The Morgan fingerprint density at radius 2 is 1.81 bits per heavy atom. The van der Waals surface area contributed by atoms with E-state index >= 15 is 0 Å². The lowest BCUT2D eigenvalue weighted by atomic mass is 10.2. The third kappa shape index (κ3) is 2.85. The van der Waals surface area contributed by atoms with Crippen molar-refractivity contribution in [2.24, 2.45) is 0 Å². The average Bonchev–Trinajstić information content (AvgIpc) is 3.11. The molecule has 2 aromatic carbocycles. The Hall–Kier alpha value is -2.26. The Morgan fingerprint density at radius 3 is 2.44 bits per heavy atom. The molecule has 2 heterocycles. The first-order valence-corrected chi connectivity index (χ1v) is 9.74. The van der Waals surface area contributed by atoms with E-state index < -0.39 is 28.8 Å². The van der Waals surface area contributed by atoms with Gasteiger partial charge in [-0.3, -0.25) is 0 Å². The molecule has 0 saturated heterocycles. The molecule has 1 atom stereocenters. The maximum atomic E-state index is 13.7. The summed E-state index contributed by atoms with van der Waals surface area (Å²) >= 11 is 5.95.